The Labute approximate surface area is 119 Å². The maximum absolute atomic E-state index is 13.8. The Bertz CT molecular complexity index is 389. The summed E-state index contributed by atoms with van der Waals surface area (Å²) in [5, 5.41) is 3.08. The summed E-state index contributed by atoms with van der Waals surface area (Å²) in [6.07, 6.45) is 5.29. The SMILES string of the molecule is CCCNc1ncc(F)c(N(C)C(C)CCSC)n1. The molecule has 1 atom stereocenters. The summed E-state index contributed by atoms with van der Waals surface area (Å²) in [6.45, 7) is 4.93. The van der Waals surface area contributed by atoms with Crippen molar-refractivity contribution in [3.8, 4) is 0 Å². The highest BCUT2D eigenvalue weighted by Gasteiger charge is 2.16. The Morgan fingerprint density at radius 3 is 2.89 bits per heavy atom. The van der Waals surface area contributed by atoms with Gasteiger partial charge in [-0.05, 0) is 31.8 Å². The molecule has 0 saturated carbocycles. The van der Waals surface area contributed by atoms with Crippen LogP contribution in [0.3, 0.4) is 0 Å². The van der Waals surface area contributed by atoms with Crippen molar-refractivity contribution in [3.63, 3.8) is 0 Å². The molecule has 6 heteroatoms. The average Bonchev–Trinajstić information content (AvgIpc) is 2.43. The van der Waals surface area contributed by atoms with E-state index in [-0.39, 0.29) is 11.9 Å². The maximum atomic E-state index is 13.8. The van der Waals surface area contributed by atoms with Gasteiger partial charge in [0.2, 0.25) is 5.95 Å². The van der Waals surface area contributed by atoms with Crippen LogP contribution in [0.4, 0.5) is 16.2 Å². The van der Waals surface area contributed by atoms with E-state index in [0.717, 1.165) is 25.1 Å². The highest BCUT2D eigenvalue weighted by molar-refractivity contribution is 7.98. The number of hydrogen-bond donors (Lipinski definition) is 1. The van der Waals surface area contributed by atoms with E-state index in [2.05, 4.69) is 35.4 Å². The van der Waals surface area contributed by atoms with Crippen LogP contribution in [-0.2, 0) is 0 Å². The molecule has 0 aliphatic rings. The van der Waals surface area contributed by atoms with Gasteiger partial charge in [-0.3, -0.25) is 0 Å². The van der Waals surface area contributed by atoms with Crippen molar-refractivity contribution < 1.29 is 4.39 Å². The molecule has 4 nitrogen and oxygen atoms in total. The van der Waals surface area contributed by atoms with E-state index in [1.54, 1.807) is 11.8 Å². The van der Waals surface area contributed by atoms with Crippen molar-refractivity contribution in [2.75, 3.05) is 35.8 Å². The third-order valence-electron chi connectivity index (χ3n) is 2.99. The van der Waals surface area contributed by atoms with Gasteiger partial charge >= 0.3 is 0 Å². The third kappa shape index (κ3) is 4.86. The smallest absolute Gasteiger partial charge is 0.224 e. The molecule has 1 aromatic heterocycles. The van der Waals surface area contributed by atoms with E-state index in [1.807, 2.05) is 11.9 Å². The van der Waals surface area contributed by atoms with Crippen LogP contribution in [0.15, 0.2) is 6.20 Å². The number of halogens is 1. The molecular weight excluding hydrogens is 263 g/mol. The van der Waals surface area contributed by atoms with Crippen LogP contribution in [0.5, 0.6) is 0 Å². The third-order valence-corrected chi connectivity index (χ3v) is 3.64. The minimum absolute atomic E-state index is 0.246. The van der Waals surface area contributed by atoms with Crippen molar-refractivity contribution in [2.24, 2.45) is 0 Å². The van der Waals surface area contributed by atoms with Crippen LogP contribution < -0.4 is 10.2 Å². The van der Waals surface area contributed by atoms with E-state index in [1.165, 1.54) is 6.20 Å². The average molecular weight is 286 g/mol. The first kappa shape index (κ1) is 16.0. The van der Waals surface area contributed by atoms with Gasteiger partial charge in [-0.25, -0.2) is 9.37 Å². The molecule has 0 radical (unpaired) electrons. The molecule has 0 amide bonds. The van der Waals surface area contributed by atoms with Gasteiger partial charge in [0, 0.05) is 19.6 Å². The Morgan fingerprint density at radius 2 is 2.26 bits per heavy atom. The number of nitrogens with zero attached hydrogens (tertiary/aromatic N) is 3. The first-order valence-corrected chi connectivity index (χ1v) is 7.97. The van der Waals surface area contributed by atoms with Gasteiger partial charge in [-0.2, -0.15) is 16.7 Å². The largest absolute Gasteiger partial charge is 0.354 e. The van der Waals surface area contributed by atoms with E-state index in [9.17, 15) is 4.39 Å². The van der Waals surface area contributed by atoms with Gasteiger partial charge < -0.3 is 10.2 Å². The standard InChI is InChI=1S/C13H23FN4S/c1-5-7-15-13-16-9-11(14)12(17-13)18(3)10(2)6-8-19-4/h9-10H,5-8H2,1-4H3,(H,15,16,17). The van der Waals surface area contributed by atoms with E-state index >= 15 is 0 Å². The second-order valence-corrected chi connectivity index (χ2v) is 5.52. The number of anilines is 2. The number of hydrogen-bond acceptors (Lipinski definition) is 5. The lowest BCUT2D eigenvalue weighted by Crippen LogP contribution is -2.31. The summed E-state index contributed by atoms with van der Waals surface area (Å²) in [6, 6.07) is 0.246. The summed E-state index contributed by atoms with van der Waals surface area (Å²) in [5.41, 5.74) is 0. The van der Waals surface area contributed by atoms with Gasteiger partial charge in [0.05, 0.1) is 6.20 Å². The number of nitrogens with one attached hydrogen (secondary N) is 1. The molecule has 19 heavy (non-hydrogen) atoms. The highest BCUT2D eigenvalue weighted by Crippen LogP contribution is 2.19. The van der Waals surface area contributed by atoms with Gasteiger partial charge in [-0.1, -0.05) is 6.92 Å². The fourth-order valence-corrected chi connectivity index (χ4v) is 2.20. The lowest BCUT2D eigenvalue weighted by Gasteiger charge is -2.26. The first-order chi connectivity index (χ1) is 9.10. The fraction of sp³-hybridized carbons (Fsp3) is 0.692. The molecule has 0 fully saturated rings. The molecule has 0 aliphatic carbocycles. The molecule has 0 aliphatic heterocycles. The monoisotopic (exact) mass is 286 g/mol. The second kappa shape index (κ2) is 8.19. The van der Waals surface area contributed by atoms with Gasteiger partial charge in [0.1, 0.15) is 0 Å². The van der Waals surface area contributed by atoms with Crippen LogP contribution >= 0.6 is 11.8 Å². The topological polar surface area (TPSA) is 41.1 Å². The summed E-state index contributed by atoms with van der Waals surface area (Å²) in [7, 11) is 1.88. The summed E-state index contributed by atoms with van der Waals surface area (Å²) < 4.78 is 13.8. The highest BCUT2D eigenvalue weighted by atomic mass is 32.2. The van der Waals surface area contributed by atoms with Crippen molar-refractivity contribution in [3.05, 3.63) is 12.0 Å². The summed E-state index contributed by atoms with van der Waals surface area (Å²) >= 11 is 1.80. The molecular formula is C13H23FN4S. The fourth-order valence-electron chi connectivity index (χ4n) is 1.62. The molecule has 0 saturated heterocycles. The van der Waals surface area contributed by atoms with Crippen LogP contribution in [0.2, 0.25) is 0 Å². The van der Waals surface area contributed by atoms with Crippen molar-refractivity contribution in [1.82, 2.24) is 9.97 Å². The van der Waals surface area contributed by atoms with E-state index in [4.69, 9.17) is 0 Å². The lowest BCUT2D eigenvalue weighted by atomic mass is 10.2. The zero-order chi connectivity index (χ0) is 14.3. The second-order valence-electron chi connectivity index (χ2n) is 4.53. The summed E-state index contributed by atoms with van der Waals surface area (Å²) in [5.74, 6) is 1.53. The minimum atomic E-state index is -0.374. The molecule has 0 aromatic carbocycles. The molecule has 1 unspecified atom stereocenters. The molecule has 0 spiro atoms. The Morgan fingerprint density at radius 1 is 1.53 bits per heavy atom. The predicted octanol–water partition coefficient (Wildman–Crippen LogP) is 3.02. The Balaban J connectivity index is 2.79. The molecule has 108 valence electrons. The van der Waals surface area contributed by atoms with E-state index in [0.29, 0.717) is 11.8 Å². The zero-order valence-corrected chi connectivity index (χ0v) is 12.9. The van der Waals surface area contributed by atoms with Crippen LogP contribution in [0, 0.1) is 5.82 Å². The van der Waals surface area contributed by atoms with Crippen LogP contribution in [0.1, 0.15) is 26.7 Å². The molecule has 1 heterocycles. The molecule has 1 aromatic rings. The number of aromatic nitrogens is 2. The van der Waals surface area contributed by atoms with Gasteiger partial charge in [-0.15, -0.1) is 0 Å². The first-order valence-electron chi connectivity index (χ1n) is 6.58. The lowest BCUT2D eigenvalue weighted by molar-refractivity contribution is 0.585. The maximum Gasteiger partial charge on any atom is 0.224 e. The van der Waals surface area contributed by atoms with Crippen LogP contribution in [-0.4, -0.2) is 41.6 Å². The van der Waals surface area contributed by atoms with Crippen molar-refractivity contribution in [2.45, 2.75) is 32.7 Å². The van der Waals surface area contributed by atoms with Crippen molar-refractivity contribution >= 4 is 23.5 Å². The minimum Gasteiger partial charge on any atom is -0.354 e. The van der Waals surface area contributed by atoms with Crippen LogP contribution in [0.25, 0.3) is 0 Å². The van der Waals surface area contributed by atoms with Gasteiger partial charge in [0.15, 0.2) is 11.6 Å². The zero-order valence-electron chi connectivity index (χ0n) is 12.1. The molecule has 0 bridgehead atoms. The van der Waals surface area contributed by atoms with Gasteiger partial charge in [0.25, 0.3) is 0 Å². The Kier molecular flexibility index (Phi) is 6.91. The van der Waals surface area contributed by atoms with E-state index < -0.39 is 0 Å². The quantitative estimate of drug-likeness (QED) is 0.795. The number of thioether (sulfide) groups is 1. The van der Waals surface area contributed by atoms with Crippen molar-refractivity contribution in [1.29, 1.82) is 0 Å². The molecule has 1 rings (SSSR count). The number of rotatable bonds is 8. The Hall–Kier alpha value is -1.04. The molecule has 1 N–H and O–H groups in total. The predicted molar refractivity (Wildman–Crippen MR) is 81.6 cm³/mol. The normalized spacial score (nSPS) is 12.3. The summed E-state index contributed by atoms with van der Waals surface area (Å²) in [4.78, 5) is 10.1.